The van der Waals surface area contributed by atoms with E-state index in [0.29, 0.717) is 0 Å². The Morgan fingerprint density at radius 3 is 2.00 bits per heavy atom. The summed E-state index contributed by atoms with van der Waals surface area (Å²) in [5.74, 6) is 0. The summed E-state index contributed by atoms with van der Waals surface area (Å²) in [6.07, 6.45) is 5.72. The molecule has 0 N–H and O–H groups in total. The fourth-order valence-electron chi connectivity index (χ4n) is 9.98. The summed E-state index contributed by atoms with van der Waals surface area (Å²) in [6.45, 7) is 3.98. The summed E-state index contributed by atoms with van der Waals surface area (Å²) < 4.78 is 8.58. The molecule has 13 rings (SSSR count). The molecule has 0 fully saturated rings. The molecular weight excluding hydrogens is 781 g/mol. The lowest BCUT2D eigenvalue weighted by molar-refractivity contribution is 0.669. The van der Waals surface area contributed by atoms with Crippen LogP contribution in [0.5, 0.6) is 0 Å². The lowest BCUT2D eigenvalue weighted by Gasteiger charge is -2.34. The molecule has 0 spiro atoms. The Morgan fingerprint density at radius 1 is 0.484 bits per heavy atom. The number of anilines is 6. The monoisotopic (exact) mass is 818 g/mol. The molecule has 0 atom stereocenters. The number of furan rings is 1. The fraction of sp³-hybridized carbons (Fsp3) is 0. The Bertz CT molecular complexity index is 3750. The number of para-hydroxylation sites is 2. The predicted molar refractivity (Wildman–Crippen MR) is 267 cm³/mol. The second kappa shape index (κ2) is 14.2. The maximum atomic E-state index is 6.28. The van der Waals surface area contributed by atoms with Crippen LogP contribution in [0.3, 0.4) is 0 Å². The zero-order valence-corrected chi connectivity index (χ0v) is 34.7. The van der Waals surface area contributed by atoms with Gasteiger partial charge in [0.1, 0.15) is 11.2 Å². The van der Waals surface area contributed by atoms with Crippen molar-refractivity contribution in [2.24, 2.45) is 0 Å². The molecule has 3 aromatic heterocycles. The van der Waals surface area contributed by atoms with Gasteiger partial charge in [0.2, 0.25) is 0 Å². The Balaban J connectivity index is 0.925. The summed E-state index contributed by atoms with van der Waals surface area (Å²) >= 11 is 0. The van der Waals surface area contributed by atoms with Crippen molar-refractivity contribution >= 4 is 94.7 Å². The molecule has 300 valence electrons. The SMILES string of the molecule is C=Cc1ccc(N2c3ccc(-c4ccc(N(c5ccc(-n6c7ccccc7c7ccncc76)cc5)c5ccc6oc7ccccc7c6c5)cc4)cc3-c3cccc4cccc2c34)cc1. The van der Waals surface area contributed by atoms with E-state index in [1.807, 2.05) is 30.6 Å². The predicted octanol–water partition coefficient (Wildman–Crippen LogP) is 16.5. The molecule has 64 heavy (non-hydrogen) atoms. The van der Waals surface area contributed by atoms with Crippen LogP contribution in [0.4, 0.5) is 34.1 Å². The van der Waals surface area contributed by atoms with Gasteiger partial charge >= 0.3 is 0 Å². The van der Waals surface area contributed by atoms with E-state index < -0.39 is 0 Å². The first-order chi connectivity index (χ1) is 31.7. The van der Waals surface area contributed by atoms with Crippen LogP contribution in [0.1, 0.15) is 5.56 Å². The molecule has 5 heteroatoms. The van der Waals surface area contributed by atoms with Crippen LogP contribution in [-0.2, 0) is 0 Å². The first-order valence-electron chi connectivity index (χ1n) is 21.6. The zero-order valence-electron chi connectivity index (χ0n) is 34.7. The second-order valence-corrected chi connectivity index (χ2v) is 16.5. The second-order valence-electron chi connectivity index (χ2n) is 16.5. The largest absolute Gasteiger partial charge is 0.456 e. The topological polar surface area (TPSA) is 37.4 Å². The van der Waals surface area contributed by atoms with Crippen molar-refractivity contribution < 1.29 is 4.42 Å². The smallest absolute Gasteiger partial charge is 0.135 e. The lowest BCUT2D eigenvalue weighted by atomic mass is 9.89. The van der Waals surface area contributed by atoms with Gasteiger partial charge < -0.3 is 18.8 Å². The van der Waals surface area contributed by atoms with Gasteiger partial charge in [-0.25, -0.2) is 0 Å². The van der Waals surface area contributed by atoms with Crippen LogP contribution in [-0.4, -0.2) is 9.55 Å². The van der Waals surface area contributed by atoms with Crippen LogP contribution in [0.2, 0.25) is 0 Å². The minimum atomic E-state index is 0.869. The highest BCUT2D eigenvalue weighted by Gasteiger charge is 2.26. The molecule has 0 bridgehead atoms. The number of nitrogens with zero attached hydrogens (tertiary/aromatic N) is 4. The van der Waals surface area contributed by atoms with Crippen LogP contribution >= 0.6 is 0 Å². The molecule has 0 saturated heterocycles. The van der Waals surface area contributed by atoms with Gasteiger partial charge in [0.15, 0.2) is 0 Å². The number of rotatable bonds is 7. The lowest BCUT2D eigenvalue weighted by Crippen LogP contribution is -2.15. The Hall–Kier alpha value is -8.67. The molecule has 1 aliphatic heterocycles. The maximum Gasteiger partial charge on any atom is 0.135 e. The van der Waals surface area contributed by atoms with Gasteiger partial charge in [-0.1, -0.05) is 110 Å². The number of pyridine rings is 1. The average molecular weight is 819 g/mol. The molecule has 1 aliphatic rings. The quantitative estimate of drug-likeness (QED) is 0.161. The molecular formula is C59H38N4O. The highest BCUT2D eigenvalue weighted by Crippen LogP contribution is 2.52. The average Bonchev–Trinajstić information content (AvgIpc) is 3.90. The van der Waals surface area contributed by atoms with Gasteiger partial charge in [-0.15, -0.1) is 0 Å². The van der Waals surface area contributed by atoms with E-state index in [1.54, 1.807) is 0 Å². The fourth-order valence-corrected chi connectivity index (χ4v) is 9.98. The van der Waals surface area contributed by atoms with Crippen molar-refractivity contribution in [2.75, 3.05) is 9.80 Å². The minimum absolute atomic E-state index is 0.869. The van der Waals surface area contributed by atoms with Gasteiger partial charge in [-0.3, -0.25) is 4.98 Å². The zero-order chi connectivity index (χ0) is 42.3. The number of aromatic nitrogens is 2. The maximum absolute atomic E-state index is 6.28. The molecule has 4 heterocycles. The van der Waals surface area contributed by atoms with Gasteiger partial charge in [0.05, 0.1) is 28.6 Å². The van der Waals surface area contributed by atoms with Crippen LogP contribution in [0.25, 0.3) is 88.5 Å². The molecule has 5 nitrogen and oxygen atoms in total. The summed E-state index contributed by atoms with van der Waals surface area (Å²) in [5, 5.41) is 7.07. The van der Waals surface area contributed by atoms with Crippen molar-refractivity contribution in [1.82, 2.24) is 9.55 Å². The normalized spacial score (nSPS) is 12.1. The van der Waals surface area contributed by atoms with Crippen molar-refractivity contribution in [3.05, 3.63) is 225 Å². The van der Waals surface area contributed by atoms with Gasteiger partial charge in [-0.2, -0.15) is 0 Å². The van der Waals surface area contributed by atoms with Crippen LogP contribution < -0.4 is 9.80 Å². The van der Waals surface area contributed by atoms with E-state index in [0.717, 1.165) is 83.8 Å². The summed E-state index contributed by atoms with van der Waals surface area (Å²) in [4.78, 5) is 9.24. The molecule has 0 amide bonds. The van der Waals surface area contributed by atoms with Crippen molar-refractivity contribution in [2.45, 2.75) is 0 Å². The number of hydrogen-bond acceptors (Lipinski definition) is 4. The van der Waals surface area contributed by atoms with E-state index in [1.165, 1.54) is 38.4 Å². The summed E-state index contributed by atoms with van der Waals surface area (Å²) in [5.41, 5.74) is 17.5. The third-order valence-corrected chi connectivity index (χ3v) is 13.0. The standard InChI is InChI=1S/C59H38N4O/c1-2-38-17-22-44(23-18-38)62-54-31-21-41(35-51(54)50-13-7-9-40-10-8-15-55(62)59(40)50)39-19-24-42(25-20-39)61(46-30-32-58-52(36-46)49-12-4-6-16-57(49)64-58)43-26-28-45(29-27-43)63-53-14-5-3-11-47(53)48-33-34-60-37-56(48)63/h2-37H,1H2. The summed E-state index contributed by atoms with van der Waals surface area (Å²) in [6, 6.07) is 72.1. The van der Waals surface area contributed by atoms with Gasteiger partial charge in [-0.05, 0) is 131 Å². The molecule has 0 unspecified atom stereocenters. The Morgan fingerprint density at radius 2 is 1.17 bits per heavy atom. The van der Waals surface area contributed by atoms with E-state index in [4.69, 9.17) is 4.42 Å². The number of benzene rings is 9. The Labute approximate surface area is 369 Å². The van der Waals surface area contributed by atoms with E-state index in [9.17, 15) is 0 Å². The van der Waals surface area contributed by atoms with Crippen molar-refractivity contribution in [3.8, 4) is 27.9 Å². The van der Waals surface area contributed by atoms with E-state index >= 15 is 0 Å². The molecule has 0 saturated carbocycles. The van der Waals surface area contributed by atoms with Crippen molar-refractivity contribution in [3.63, 3.8) is 0 Å². The van der Waals surface area contributed by atoms with Crippen LogP contribution in [0.15, 0.2) is 224 Å². The Kier molecular flexibility index (Phi) is 7.99. The first kappa shape index (κ1) is 36.0. The minimum Gasteiger partial charge on any atom is -0.456 e. The van der Waals surface area contributed by atoms with Gasteiger partial charge in [0, 0.05) is 67.1 Å². The number of hydrogen-bond donors (Lipinski definition) is 0. The molecule has 0 radical (unpaired) electrons. The van der Waals surface area contributed by atoms with Crippen LogP contribution in [0, 0.1) is 0 Å². The first-order valence-corrected chi connectivity index (χ1v) is 21.6. The van der Waals surface area contributed by atoms with E-state index in [2.05, 4.69) is 214 Å². The number of fused-ring (bicyclic) bond motifs is 8. The van der Waals surface area contributed by atoms with Crippen molar-refractivity contribution in [1.29, 1.82) is 0 Å². The highest BCUT2D eigenvalue weighted by atomic mass is 16.3. The molecule has 12 aromatic rings. The molecule has 9 aromatic carbocycles. The third-order valence-electron chi connectivity index (χ3n) is 13.0. The molecule has 0 aliphatic carbocycles. The van der Waals surface area contributed by atoms with Gasteiger partial charge in [0.25, 0.3) is 0 Å². The summed E-state index contributed by atoms with van der Waals surface area (Å²) in [7, 11) is 0. The van der Waals surface area contributed by atoms with E-state index in [-0.39, 0.29) is 0 Å². The third kappa shape index (κ3) is 5.54. The highest BCUT2D eigenvalue weighted by molar-refractivity contribution is 6.14.